The van der Waals surface area contributed by atoms with Crippen LogP contribution in [0.4, 0.5) is 5.69 Å². The lowest BCUT2D eigenvalue weighted by atomic mass is 10.1. The third kappa shape index (κ3) is 1.89. The summed E-state index contributed by atoms with van der Waals surface area (Å²) in [6.07, 6.45) is 2.30. The average molecular weight is 215 g/mol. The van der Waals surface area contributed by atoms with Crippen molar-refractivity contribution in [2.75, 3.05) is 18.0 Å². The predicted molar refractivity (Wildman–Crippen MR) is 65.3 cm³/mol. The van der Waals surface area contributed by atoms with Gasteiger partial charge in [0, 0.05) is 19.1 Å². The lowest BCUT2D eigenvalue weighted by molar-refractivity contribution is 0.676. The topological polar surface area (TPSA) is 53.0 Å². The van der Waals surface area contributed by atoms with Gasteiger partial charge in [0.1, 0.15) is 6.07 Å². The number of hydrogen-bond acceptors (Lipinski definition) is 3. The molecule has 3 nitrogen and oxygen atoms in total. The van der Waals surface area contributed by atoms with Gasteiger partial charge in [-0.05, 0) is 37.5 Å². The number of nitrogens with zero attached hydrogens (tertiary/aromatic N) is 2. The summed E-state index contributed by atoms with van der Waals surface area (Å²) in [5.41, 5.74) is 8.76. The summed E-state index contributed by atoms with van der Waals surface area (Å²) in [6.45, 7) is 3.73. The van der Waals surface area contributed by atoms with E-state index in [1.165, 1.54) is 12.0 Å². The van der Waals surface area contributed by atoms with Crippen LogP contribution in [0.25, 0.3) is 0 Å². The smallest absolute Gasteiger partial charge is 0.101 e. The van der Waals surface area contributed by atoms with Crippen molar-refractivity contribution in [2.24, 2.45) is 5.73 Å². The first-order chi connectivity index (χ1) is 7.76. The predicted octanol–water partition coefficient (Wildman–Crippen LogP) is 1.79. The monoisotopic (exact) mass is 215 g/mol. The zero-order valence-corrected chi connectivity index (χ0v) is 9.61. The number of rotatable bonds is 2. The minimum Gasteiger partial charge on any atom is -0.366 e. The van der Waals surface area contributed by atoms with E-state index in [-0.39, 0.29) is 0 Å². The van der Waals surface area contributed by atoms with Crippen LogP contribution >= 0.6 is 0 Å². The number of nitriles is 1. The minimum atomic E-state index is 0.397. The van der Waals surface area contributed by atoms with E-state index in [1.807, 2.05) is 12.1 Å². The maximum atomic E-state index is 9.12. The van der Waals surface area contributed by atoms with E-state index in [9.17, 15) is 0 Å². The van der Waals surface area contributed by atoms with Gasteiger partial charge in [0.25, 0.3) is 0 Å². The summed E-state index contributed by atoms with van der Waals surface area (Å²) in [4.78, 5) is 2.28. The lowest BCUT2D eigenvalue weighted by Gasteiger charge is -2.26. The molecule has 0 bridgehead atoms. The van der Waals surface area contributed by atoms with Gasteiger partial charge in [0.05, 0.1) is 11.3 Å². The fourth-order valence-corrected chi connectivity index (χ4v) is 2.37. The third-order valence-electron chi connectivity index (χ3n) is 3.23. The Hall–Kier alpha value is -1.53. The number of nitrogens with two attached hydrogens (primary N) is 1. The largest absolute Gasteiger partial charge is 0.366 e. The van der Waals surface area contributed by atoms with Gasteiger partial charge < -0.3 is 10.6 Å². The Morgan fingerprint density at radius 3 is 3.06 bits per heavy atom. The summed E-state index contributed by atoms with van der Waals surface area (Å²) in [6, 6.07) is 8.63. The van der Waals surface area contributed by atoms with Crippen molar-refractivity contribution in [3.63, 3.8) is 0 Å². The molecule has 84 valence electrons. The molecule has 1 aromatic carbocycles. The highest BCUT2D eigenvalue weighted by atomic mass is 15.2. The molecule has 3 heteroatoms. The first-order valence-corrected chi connectivity index (χ1v) is 5.73. The molecule has 1 aliphatic rings. The van der Waals surface area contributed by atoms with Crippen LogP contribution in [0.2, 0.25) is 0 Å². The van der Waals surface area contributed by atoms with Crippen LogP contribution in [0, 0.1) is 18.3 Å². The van der Waals surface area contributed by atoms with Crippen molar-refractivity contribution in [1.82, 2.24) is 0 Å². The number of benzene rings is 1. The Kier molecular flexibility index (Phi) is 3.12. The molecule has 16 heavy (non-hydrogen) atoms. The van der Waals surface area contributed by atoms with Crippen LogP contribution in [-0.2, 0) is 0 Å². The van der Waals surface area contributed by atoms with Crippen molar-refractivity contribution in [3.05, 3.63) is 29.3 Å². The Morgan fingerprint density at radius 2 is 2.38 bits per heavy atom. The second-order valence-corrected chi connectivity index (χ2v) is 4.36. The highest BCUT2D eigenvalue weighted by molar-refractivity contribution is 5.61. The molecule has 0 saturated carbocycles. The van der Waals surface area contributed by atoms with Crippen LogP contribution in [0.5, 0.6) is 0 Å². The second kappa shape index (κ2) is 4.54. The first-order valence-electron chi connectivity index (χ1n) is 5.73. The highest BCUT2D eigenvalue weighted by Crippen LogP contribution is 2.28. The van der Waals surface area contributed by atoms with Crippen molar-refractivity contribution in [2.45, 2.75) is 25.8 Å². The van der Waals surface area contributed by atoms with E-state index in [1.54, 1.807) is 0 Å². The Morgan fingerprint density at radius 1 is 1.56 bits per heavy atom. The molecule has 0 aliphatic carbocycles. The number of hydrogen-bond donors (Lipinski definition) is 1. The zero-order chi connectivity index (χ0) is 11.5. The van der Waals surface area contributed by atoms with Gasteiger partial charge >= 0.3 is 0 Å². The highest BCUT2D eigenvalue weighted by Gasteiger charge is 2.25. The van der Waals surface area contributed by atoms with E-state index >= 15 is 0 Å². The molecular weight excluding hydrogens is 198 g/mol. The standard InChI is InChI=1S/C13H17N3/c1-10-4-5-11(8-14)13(7-10)16-6-2-3-12(16)9-15/h4-5,7,12H,2-3,6,9,15H2,1H3. The summed E-state index contributed by atoms with van der Waals surface area (Å²) in [5, 5.41) is 9.12. The molecule has 2 rings (SSSR count). The van der Waals surface area contributed by atoms with Gasteiger partial charge in [0.15, 0.2) is 0 Å². The quantitative estimate of drug-likeness (QED) is 0.818. The van der Waals surface area contributed by atoms with Gasteiger partial charge in [-0.2, -0.15) is 5.26 Å². The van der Waals surface area contributed by atoms with Crippen molar-refractivity contribution in [3.8, 4) is 6.07 Å². The summed E-state index contributed by atoms with van der Waals surface area (Å²) < 4.78 is 0. The third-order valence-corrected chi connectivity index (χ3v) is 3.23. The van der Waals surface area contributed by atoms with Crippen molar-refractivity contribution < 1.29 is 0 Å². The molecule has 1 saturated heterocycles. The fourth-order valence-electron chi connectivity index (χ4n) is 2.37. The molecule has 1 heterocycles. The fraction of sp³-hybridized carbons (Fsp3) is 0.462. The molecular formula is C13H17N3. The van der Waals surface area contributed by atoms with Crippen LogP contribution in [0.1, 0.15) is 24.0 Å². The second-order valence-electron chi connectivity index (χ2n) is 4.36. The van der Waals surface area contributed by atoms with Gasteiger partial charge in [-0.3, -0.25) is 0 Å². The molecule has 1 aliphatic heterocycles. The summed E-state index contributed by atoms with van der Waals surface area (Å²) >= 11 is 0. The SMILES string of the molecule is Cc1ccc(C#N)c(N2CCCC2CN)c1. The molecule has 0 aromatic heterocycles. The maximum absolute atomic E-state index is 9.12. The van der Waals surface area contributed by atoms with Crippen LogP contribution < -0.4 is 10.6 Å². The molecule has 2 N–H and O–H groups in total. The summed E-state index contributed by atoms with van der Waals surface area (Å²) in [5.74, 6) is 0. The van der Waals surface area contributed by atoms with E-state index in [0.717, 1.165) is 24.2 Å². The van der Waals surface area contributed by atoms with E-state index < -0.39 is 0 Å². The molecule has 1 fully saturated rings. The Bertz CT molecular complexity index is 420. The molecule has 0 amide bonds. The lowest BCUT2D eigenvalue weighted by Crippen LogP contribution is -2.35. The molecule has 0 radical (unpaired) electrons. The maximum Gasteiger partial charge on any atom is 0.101 e. The zero-order valence-electron chi connectivity index (χ0n) is 9.61. The summed E-state index contributed by atoms with van der Waals surface area (Å²) in [7, 11) is 0. The Balaban J connectivity index is 2.39. The van der Waals surface area contributed by atoms with Crippen LogP contribution in [-0.4, -0.2) is 19.1 Å². The van der Waals surface area contributed by atoms with Gasteiger partial charge in [-0.15, -0.1) is 0 Å². The molecule has 1 aromatic rings. The Labute approximate surface area is 96.5 Å². The first kappa shape index (κ1) is 11.0. The van der Waals surface area contributed by atoms with Crippen molar-refractivity contribution in [1.29, 1.82) is 5.26 Å². The number of aryl methyl sites for hydroxylation is 1. The van der Waals surface area contributed by atoms with Crippen LogP contribution in [0.15, 0.2) is 18.2 Å². The van der Waals surface area contributed by atoms with Crippen LogP contribution in [0.3, 0.4) is 0 Å². The normalized spacial score (nSPS) is 19.8. The molecule has 0 spiro atoms. The molecule has 1 unspecified atom stereocenters. The van der Waals surface area contributed by atoms with Gasteiger partial charge in [0.2, 0.25) is 0 Å². The van der Waals surface area contributed by atoms with Gasteiger partial charge in [-0.1, -0.05) is 6.07 Å². The average Bonchev–Trinajstić information content (AvgIpc) is 2.76. The van der Waals surface area contributed by atoms with Gasteiger partial charge in [-0.25, -0.2) is 0 Å². The molecule has 1 atom stereocenters. The number of anilines is 1. The van der Waals surface area contributed by atoms with E-state index in [0.29, 0.717) is 12.6 Å². The minimum absolute atomic E-state index is 0.397. The van der Waals surface area contributed by atoms with Crippen molar-refractivity contribution >= 4 is 5.69 Å². The van der Waals surface area contributed by atoms with E-state index in [2.05, 4.69) is 24.0 Å². The van der Waals surface area contributed by atoms with E-state index in [4.69, 9.17) is 11.0 Å².